The molecule has 0 aromatic rings. The first-order valence-electron chi connectivity index (χ1n) is 5.07. The number of hydrogen-bond acceptors (Lipinski definition) is 3. The molecule has 1 unspecified atom stereocenters. The quantitative estimate of drug-likeness (QED) is 0.321. The molecule has 0 aliphatic carbocycles. The number of aliphatic carboxylic acids is 1. The van der Waals surface area contributed by atoms with E-state index in [4.69, 9.17) is 0 Å². The van der Waals surface area contributed by atoms with Gasteiger partial charge in [-0.25, -0.2) is 0 Å². The Hall–Kier alpha value is 0.286. The molecule has 1 atom stereocenters. The Morgan fingerprint density at radius 1 is 1.31 bits per heavy atom. The second-order valence-corrected chi connectivity index (χ2v) is 3.16. The fourth-order valence-electron chi connectivity index (χ4n) is 0.964. The summed E-state index contributed by atoms with van der Waals surface area (Å²) in [6.07, 6.45) is 11.3. The molecule has 0 heterocycles. The SMILES string of the molecule is CCCCC(O)/C=C/C=C\C=C\C(=O)[O-].[K+]. The molecular formula is C12H17KO3. The minimum Gasteiger partial charge on any atom is -0.545 e. The number of hydrogen-bond donors (Lipinski definition) is 1. The first kappa shape index (κ1) is 18.6. The first-order valence-corrected chi connectivity index (χ1v) is 5.07. The summed E-state index contributed by atoms with van der Waals surface area (Å²) >= 11 is 0. The van der Waals surface area contributed by atoms with Gasteiger partial charge >= 0.3 is 51.4 Å². The molecule has 0 radical (unpaired) electrons. The second-order valence-electron chi connectivity index (χ2n) is 3.16. The summed E-state index contributed by atoms with van der Waals surface area (Å²) in [5.74, 6) is -1.22. The number of rotatable bonds is 7. The Bertz CT molecular complexity index is 257. The van der Waals surface area contributed by atoms with Gasteiger partial charge in [0.05, 0.1) is 12.1 Å². The summed E-state index contributed by atoms with van der Waals surface area (Å²) in [6, 6.07) is 0. The minimum atomic E-state index is -1.22. The number of allylic oxidation sites excluding steroid dienone is 4. The Balaban J connectivity index is 0. The molecule has 4 heteroatoms. The molecule has 84 valence electrons. The largest absolute Gasteiger partial charge is 1.00 e. The summed E-state index contributed by atoms with van der Waals surface area (Å²) in [5, 5.41) is 19.4. The van der Waals surface area contributed by atoms with Crippen molar-refractivity contribution < 1.29 is 66.4 Å². The Morgan fingerprint density at radius 2 is 1.94 bits per heavy atom. The first-order chi connectivity index (χ1) is 7.16. The van der Waals surface area contributed by atoms with Gasteiger partial charge in [-0.05, 0) is 12.5 Å². The zero-order valence-corrected chi connectivity index (χ0v) is 13.0. The van der Waals surface area contributed by atoms with E-state index in [2.05, 4.69) is 6.92 Å². The van der Waals surface area contributed by atoms with Crippen LogP contribution in [0.4, 0.5) is 0 Å². The molecule has 0 saturated heterocycles. The number of unbranched alkanes of at least 4 members (excludes halogenated alkanes) is 1. The third kappa shape index (κ3) is 14.3. The van der Waals surface area contributed by atoms with E-state index in [0.29, 0.717) is 0 Å². The molecule has 0 amide bonds. The maximum Gasteiger partial charge on any atom is 1.00 e. The zero-order valence-electron chi connectivity index (χ0n) is 9.93. The van der Waals surface area contributed by atoms with Crippen LogP contribution in [0.2, 0.25) is 0 Å². The van der Waals surface area contributed by atoms with E-state index in [0.717, 1.165) is 25.3 Å². The molecule has 0 spiro atoms. The van der Waals surface area contributed by atoms with Crippen LogP contribution in [0.25, 0.3) is 0 Å². The van der Waals surface area contributed by atoms with Crippen LogP contribution in [-0.2, 0) is 4.79 Å². The third-order valence-corrected chi connectivity index (χ3v) is 1.75. The number of aliphatic hydroxyl groups is 1. The molecule has 0 aromatic carbocycles. The van der Waals surface area contributed by atoms with Crippen molar-refractivity contribution in [2.24, 2.45) is 0 Å². The molecule has 3 nitrogen and oxygen atoms in total. The van der Waals surface area contributed by atoms with Gasteiger partial charge in [-0.2, -0.15) is 0 Å². The van der Waals surface area contributed by atoms with E-state index in [1.54, 1.807) is 24.3 Å². The van der Waals surface area contributed by atoms with E-state index >= 15 is 0 Å². The Labute approximate surface area is 139 Å². The van der Waals surface area contributed by atoms with Crippen molar-refractivity contribution in [1.29, 1.82) is 0 Å². The normalized spacial score (nSPS) is 13.4. The van der Waals surface area contributed by atoms with Crippen LogP contribution in [-0.4, -0.2) is 17.2 Å². The van der Waals surface area contributed by atoms with Crippen LogP contribution in [0.5, 0.6) is 0 Å². The average molecular weight is 248 g/mol. The maximum atomic E-state index is 9.97. The monoisotopic (exact) mass is 248 g/mol. The van der Waals surface area contributed by atoms with Gasteiger partial charge in [0.1, 0.15) is 0 Å². The van der Waals surface area contributed by atoms with Gasteiger partial charge < -0.3 is 15.0 Å². The molecule has 16 heavy (non-hydrogen) atoms. The van der Waals surface area contributed by atoms with Crippen molar-refractivity contribution >= 4 is 5.97 Å². The van der Waals surface area contributed by atoms with Gasteiger partial charge in [0, 0.05) is 0 Å². The van der Waals surface area contributed by atoms with Gasteiger partial charge in [-0.1, -0.05) is 50.1 Å². The van der Waals surface area contributed by atoms with Crippen LogP contribution in [0.3, 0.4) is 0 Å². The van der Waals surface area contributed by atoms with Crippen LogP contribution in [0, 0.1) is 0 Å². The van der Waals surface area contributed by atoms with Gasteiger partial charge in [0.2, 0.25) is 0 Å². The predicted octanol–water partition coefficient (Wildman–Crippen LogP) is -2.04. The summed E-state index contributed by atoms with van der Waals surface area (Å²) in [5.41, 5.74) is 0. The van der Waals surface area contributed by atoms with Crippen LogP contribution in [0.15, 0.2) is 36.5 Å². The maximum absolute atomic E-state index is 9.97. The summed E-state index contributed by atoms with van der Waals surface area (Å²) in [6.45, 7) is 2.07. The molecular weight excluding hydrogens is 231 g/mol. The van der Waals surface area contributed by atoms with Crippen LogP contribution >= 0.6 is 0 Å². The van der Waals surface area contributed by atoms with Crippen molar-refractivity contribution in [3.63, 3.8) is 0 Å². The second kappa shape index (κ2) is 13.4. The zero-order chi connectivity index (χ0) is 11.5. The van der Waals surface area contributed by atoms with Gasteiger partial charge in [0.25, 0.3) is 0 Å². The summed E-state index contributed by atoms with van der Waals surface area (Å²) in [4.78, 5) is 9.97. The molecule has 0 aliphatic heterocycles. The number of aliphatic hydroxyl groups excluding tert-OH is 1. The van der Waals surface area contributed by atoms with Gasteiger partial charge in [0.15, 0.2) is 0 Å². The molecule has 0 fully saturated rings. The van der Waals surface area contributed by atoms with Crippen molar-refractivity contribution in [3.05, 3.63) is 36.5 Å². The van der Waals surface area contributed by atoms with Crippen LogP contribution < -0.4 is 56.5 Å². The number of carboxylic acid groups (broad SMARTS) is 1. The van der Waals surface area contributed by atoms with E-state index in [-0.39, 0.29) is 51.4 Å². The summed E-state index contributed by atoms with van der Waals surface area (Å²) < 4.78 is 0. The molecule has 0 bridgehead atoms. The fraction of sp³-hybridized carbons (Fsp3) is 0.417. The molecule has 1 N–H and O–H groups in total. The minimum absolute atomic E-state index is 0. The van der Waals surface area contributed by atoms with Crippen molar-refractivity contribution in [2.45, 2.75) is 32.3 Å². The van der Waals surface area contributed by atoms with E-state index in [1.807, 2.05) is 0 Å². The average Bonchev–Trinajstić information content (AvgIpc) is 2.19. The van der Waals surface area contributed by atoms with Gasteiger partial charge in [-0.15, -0.1) is 0 Å². The fourth-order valence-corrected chi connectivity index (χ4v) is 0.964. The number of carbonyl (C=O) groups excluding carboxylic acids is 1. The Kier molecular flexibility index (Phi) is 15.6. The third-order valence-electron chi connectivity index (χ3n) is 1.75. The standard InChI is InChI=1S/C12H18O3.K/c1-2-3-8-11(13)9-6-4-5-7-10-12(14)15;/h4-7,9-11,13H,2-3,8H2,1H3,(H,14,15);/q;+1/p-1/b5-4-,9-6+,10-7+;. The smallest absolute Gasteiger partial charge is 0.545 e. The Morgan fingerprint density at radius 3 is 2.50 bits per heavy atom. The number of carboxylic acids is 1. The van der Waals surface area contributed by atoms with Gasteiger partial charge in [-0.3, -0.25) is 0 Å². The van der Waals surface area contributed by atoms with Crippen molar-refractivity contribution in [1.82, 2.24) is 0 Å². The van der Waals surface area contributed by atoms with Crippen LogP contribution in [0.1, 0.15) is 26.2 Å². The predicted molar refractivity (Wildman–Crippen MR) is 58.0 cm³/mol. The van der Waals surface area contributed by atoms with E-state index in [1.165, 1.54) is 6.08 Å². The molecule has 0 saturated carbocycles. The topological polar surface area (TPSA) is 60.4 Å². The summed E-state index contributed by atoms with van der Waals surface area (Å²) in [7, 11) is 0. The molecule has 0 aliphatic rings. The van der Waals surface area contributed by atoms with Crippen molar-refractivity contribution in [2.75, 3.05) is 0 Å². The number of carbonyl (C=O) groups is 1. The molecule has 0 rings (SSSR count). The van der Waals surface area contributed by atoms with Crippen molar-refractivity contribution in [3.8, 4) is 0 Å². The van der Waals surface area contributed by atoms with E-state index < -0.39 is 12.1 Å². The molecule has 0 aromatic heterocycles. The van der Waals surface area contributed by atoms with E-state index in [9.17, 15) is 15.0 Å².